The third kappa shape index (κ3) is 4.79. The van der Waals surface area contributed by atoms with Crippen LogP contribution in [0.5, 0.6) is 0 Å². The number of carbonyl (C=O) groups excluding carboxylic acids is 1. The molecule has 25 heavy (non-hydrogen) atoms. The van der Waals surface area contributed by atoms with Crippen molar-refractivity contribution in [1.29, 1.82) is 0 Å². The van der Waals surface area contributed by atoms with Crippen LogP contribution >= 0.6 is 0 Å². The summed E-state index contributed by atoms with van der Waals surface area (Å²) < 4.78 is 1.58. The molecule has 1 fully saturated rings. The zero-order valence-electron chi connectivity index (χ0n) is 14.5. The second-order valence-electron chi connectivity index (χ2n) is 6.50. The minimum Gasteiger partial charge on any atom is -0.352 e. The zero-order chi connectivity index (χ0) is 17.5. The van der Waals surface area contributed by atoms with Crippen LogP contribution in [0.1, 0.15) is 35.2 Å². The van der Waals surface area contributed by atoms with Gasteiger partial charge in [-0.2, -0.15) is 0 Å². The first-order chi connectivity index (χ1) is 12.2. The minimum atomic E-state index is -0.283. The third-order valence-electron chi connectivity index (χ3n) is 4.60. The van der Waals surface area contributed by atoms with E-state index in [1.165, 1.54) is 12.8 Å². The number of aromatic nitrogens is 1. The van der Waals surface area contributed by atoms with Gasteiger partial charge in [0, 0.05) is 12.7 Å². The Hall–Kier alpha value is -2.40. The number of rotatable bonds is 7. The van der Waals surface area contributed by atoms with Gasteiger partial charge in [-0.1, -0.05) is 30.3 Å². The molecule has 2 heterocycles. The van der Waals surface area contributed by atoms with Crippen LogP contribution in [0.25, 0.3) is 0 Å². The van der Waals surface area contributed by atoms with Gasteiger partial charge < -0.3 is 14.8 Å². The van der Waals surface area contributed by atoms with Crippen molar-refractivity contribution < 1.29 is 4.79 Å². The number of nitrogens with one attached hydrogen (secondary N) is 1. The molecule has 2 aromatic rings. The summed E-state index contributed by atoms with van der Waals surface area (Å²) in [5, 5.41) is 2.88. The normalized spacial score (nSPS) is 14.6. The topological polar surface area (TPSA) is 54.3 Å². The smallest absolute Gasteiger partial charge is 0.263 e. The molecule has 1 aromatic carbocycles. The first kappa shape index (κ1) is 17.4. The predicted octanol–water partition coefficient (Wildman–Crippen LogP) is 2.11. The highest BCUT2D eigenvalue weighted by atomic mass is 16.2. The molecule has 5 nitrogen and oxygen atoms in total. The van der Waals surface area contributed by atoms with Crippen LogP contribution in [-0.2, 0) is 6.54 Å². The molecule has 0 unspecified atom stereocenters. The number of hydrogen-bond donors (Lipinski definition) is 1. The highest BCUT2D eigenvalue weighted by Crippen LogP contribution is 2.07. The average Bonchev–Trinajstić information content (AvgIpc) is 3.15. The van der Waals surface area contributed by atoms with Gasteiger partial charge >= 0.3 is 0 Å². The van der Waals surface area contributed by atoms with Crippen LogP contribution in [-0.4, -0.2) is 41.6 Å². The fourth-order valence-corrected chi connectivity index (χ4v) is 3.22. The minimum absolute atomic E-state index is 0.208. The first-order valence-electron chi connectivity index (χ1n) is 8.98. The Balaban J connectivity index is 1.56. The van der Waals surface area contributed by atoms with Crippen LogP contribution in [0.2, 0.25) is 0 Å². The molecule has 0 aliphatic carbocycles. The number of carbonyl (C=O) groups is 1. The lowest BCUT2D eigenvalue weighted by atomic mass is 10.2. The number of nitrogens with zero attached hydrogens (tertiary/aromatic N) is 2. The maximum atomic E-state index is 12.6. The van der Waals surface area contributed by atoms with Gasteiger partial charge in [0.15, 0.2) is 0 Å². The second kappa shape index (κ2) is 8.62. The number of benzene rings is 1. The largest absolute Gasteiger partial charge is 0.352 e. The first-order valence-corrected chi connectivity index (χ1v) is 8.98. The van der Waals surface area contributed by atoms with Crippen molar-refractivity contribution in [2.45, 2.75) is 25.8 Å². The molecular formula is C20H25N3O2. The van der Waals surface area contributed by atoms with Crippen LogP contribution in [0, 0.1) is 0 Å². The molecule has 0 spiro atoms. The summed E-state index contributed by atoms with van der Waals surface area (Å²) in [7, 11) is 0. The number of amides is 1. The molecule has 1 N–H and O–H groups in total. The molecule has 1 aliphatic heterocycles. The molecule has 1 saturated heterocycles. The van der Waals surface area contributed by atoms with E-state index >= 15 is 0 Å². The van der Waals surface area contributed by atoms with Crippen molar-refractivity contribution in [1.82, 2.24) is 14.8 Å². The van der Waals surface area contributed by atoms with E-state index in [1.54, 1.807) is 22.9 Å². The Bertz CT molecular complexity index is 749. The van der Waals surface area contributed by atoms with Crippen molar-refractivity contribution >= 4 is 5.91 Å². The summed E-state index contributed by atoms with van der Waals surface area (Å²) in [5.74, 6) is -0.283. The van der Waals surface area contributed by atoms with Crippen molar-refractivity contribution in [3.05, 3.63) is 70.1 Å². The summed E-state index contributed by atoms with van der Waals surface area (Å²) in [4.78, 5) is 27.3. The Morgan fingerprint density at radius 3 is 2.56 bits per heavy atom. The van der Waals surface area contributed by atoms with Gasteiger partial charge in [0.25, 0.3) is 11.5 Å². The lowest BCUT2D eigenvalue weighted by Crippen LogP contribution is -2.34. The van der Waals surface area contributed by atoms with E-state index < -0.39 is 0 Å². The van der Waals surface area contributed by atoms with Gasteiger partial charge in [0.1, 0.15) is 5.56 Å². The summed E-state index contributed by atoms with van der Waals surface area (Å²) >= 11 is 0. The van der Waals surface area contributed by atoms with Crippen molar-refractivity contribution in [2.24, 2.45) is 0 Å². The van der Waals surface area contributed by atoms with E-state index in [0.29, 0.717) is 13.1 Å². The average molecular weight is 339 g/mol. The lowest BCUT2D eigenvalue weighted by Gasteiger charge is -2.14. The molecule has 0 radical (unpaired) electrons. The van der Waals surface area contributed by atoms with Gasteiger partial charge in [-0.25, -0.2) is 0 Å². The van der Waals surface area contributed by atoms with Crippen molar-refractivity contribution in [3.63, 3.8) is 0 Å². The van der Waals surface area contributed by atoms with Gasteiger partial charge in [-0.05, 0) is 56.6 Å². The van der Waals surface area contributed by atoms with Gasteiger partial charge in [-0.15, -0.1) is 0 Å². The fraction of sp³-hybridized carbons (Fsp3) is 0.400. The highest BCUT2D eigenvalue weighted by Gasteiger charge is 2.13. The van der Waals surface area contributed by atoms with E-state index in [9.17, 15) is 9.59 Å². The number of likely N-dealkylation sites (tertiary alicyclic amines) is 1. The van der Waals surface area contributed by atoms with Crippen LogP contribution in [0.3, 0.4) is 0 Å². The highest BCUT2D eigenvalue weighted by molar-refractivity contribution is 5.93. The molecule has 132 valence electrons. The van der Waals surface area contributed by atoms with Gasteiger partial charge in [0.2, 0.25) is 0 Å². The Kier molecular flexibility index (Phi) is 6.01. The molecule has 0 bridgehead atoms. The van der Waals surface area contributed by atoms with E-state index in [0.717, 1.165) is 31.6 Å². The third-order valence-corrected chi connectivity index (χ3v) is 4.60. The van der Waals surface area contributed by atoms with Crippen LogP contribution < -0.4 is 10.9 Å². The van der Waals surface area contributed by atoms with E-state index in [-0.39, 0.29) is 17.0 Å². The van der Waals surface area contributed by atoms with Crippen LogP contribution in [0.4, 0.5) is 0 Å². The second-order valence-corrected chi connectivity index (χ2v) is 6.50. The van der Waals surface area contributed by atoms with E-state index in [2.05, 4.69) is 10.2 Å². The Morgan fingerprint density at radius 1 is 1.04 bits per heavy atom. The summed E-state index contributed by atoms with van der Waals surface area (Å²) in [6.07, 6.45) is 5.19. The SMILES string of the molecule is O=C(NCCCN1CCCC1)c1cccn(Cc2ccccc2)c1=O. The van der Waals surface area contributed by atoms with Crippen molar-refractivity contribution in [2.75, 3.05) is 26.2 Å². The molecule has 1 aliphatic rings. The maximum Gasteiger partial charge on any atom is 0.263 e. The fourth-order valence-electron chi connectivity index (χ4n) is 3.22. The lowest BCUT2D eigenvalue weighted by molar-refractivity contribution is 0.0950. The quantitative estimate of drug-likeness (QED) is 0.786. The summed E-state index contributed by atoms with van der Waals surface area (Å²) in [6, 6.07) is 13.1. The molecule has 1 aromatic heterocycles. The van der Waals surface area contributed by atoms with Gasteiger partial charge in [0.05, 0.1) is 6.54 Å². The Labute approximate surface area is 148 Å². The molecule has 1 amide bonds. The number of hydrogen-bond acceptors (Lipinski definition) is 3. The molecular weight excluding hydrogens is 314 g/mol. The Morgan fingerprint density at radius 2 is 1.80 bits per heavy atom. The summed E-state index contributed by atoms with van der Waals surface area (Å²) in [5.41, 5.74) is 0.996. The van der Waals surface area contributed by atoms with E-state index in [1.807, 2.05) is 30.3 Å². The molecule has 0 saturated carbocycles. The zero-order valence-corrected chi connectivity index (χ0v) is 14.5. The predicted molar refractivity (Wildman–Crippen MR) is 98.9 cm³/mol. The van der Waals surface area contributed by atoms with Crippen LogP contribution in [0.15, 0.2) is 53.5 Å². The molecule has 3 rings (SSSR count). The van der Waals surface area contributed by atoms with Crippen molar-refractivity contribution in [3.8, 4) is 0 Å². The summed E-state index contributed by atoms with van der Waals surface area (Å²) in [6.45, 7) is 4.40. The van der Waals surface area contributed by atoms with E-state index in [4.69, 9.17) is 0 Å². The number of pyridine rings is 1. The standard InChI is InChI=1S/C20H25N3O2/c24-19(21-11-7-14-22-12-4-5-13-22)18-10-6-15-23(20(18)25)16-17-8-2-1-3-9-17/h1-3,6,8-10,15H,4-5,7,11-14,16H2,(H,21,24). The maximum absolute atomic E-state index is 12.6. The molecule has 5 heteroatoms. The monoisotopic (exact) mass is 339 g/mol. The van der Waals surface area contributed by atoms with Gasteiger partial charge in [-0.3, -0.25) is 9.59 Å². The molecule has 0 atom stereocenters.